The van der Waals surface area contributed by atoms with E-state index in [4.69, 9.17) is 0 Å². The fraction of sp³-hybridized carbons (Fsp3) is 0.750. The summed E-state index contributed by atoms with van der Waals surface area (Å²) in [5.41, 5.74) is 0. The highest BCUT2D eigenvalue weighted by molar-refractivity contribution is 7.89. The summed E-state index contributed by atoms with van der Waals surface area (Å²) in [6, 6.07) is 0. The summed E-state index contributed by atoms with van der Waals surface area (Å²) in [5, 5.41) is 0.661. The molecule has 0 aromatic heterocycles. The highest BCUT2D eigenvalue weighted by Crippen LogP contribution is 2.16. The minimum Gasteiger partial charge on any atom is -0.257 e. The van der Waals surface area contributed by atoms with Crippen LogP contribution in [-0.2, 0) is 14.3 Å². The Hall–Kier alpha value is -0.560. The molecule has 0 aliphatic heterocycles. The molecule has 0 bridgehead atoms. The number of hydrogen-bond acceptors (Lipinski definition) is 3. The van der Waals surface area contributed by atoms with Crippen LogP contribution >= 0.6 is 0 Å². The lowest BCUT2D eigenvalue weighted by Gasteiger charge is -2.04. The molecule has 0 unspecified atom stereocenters. The van der Waals surface area contributed by atoms with Crippen molar-refractivity contribution in [1.82, 2.24) is 0 Å². The molecule has 15 heavy (non-hydrogen) atoms. The summed E-state index contributed by atoms with van der Waals surface area (Å²) in [4.78, 5) is 0. The van der Waals surface area contributed by atoms with Gasteiger partial charge in [0.25, 0.3) is 10.1 Å². The molecule has 3 nitrogen and oxygen atoms in total. The van der Waals surface area contributed by atoms with Crippen LogP contribution in [0.2, 0.25) is 0 Å². The van der Waals surface area contributed by atoms with E-state index >= 15 is 0 Å². The second kappa shape index (κ2) is 6.12. The van der Waals surface area contributed by atoms with E-state index in [-0.39, 0.29) is 0 Å². The molecular formula is C8H13F3O3S. The van der Waals surface area contributed by atoms with Crippen LogP contribution in [0.25, 0.3) is 0 Å². The molecule has 7 heteroatoms. The van der Waals surface area contributed by atoms with Crippen LogP contribution in [0.1, 0.15) is 26.2 Å². The van der Waals surface area contributed by atoms with Gasteiger partial charge in [-0.05, 0) is 6.42 Å². The number of rotatable bonds is 6. The molecule has 0 saturated heterocycles. The van der Waals surface area contributed by atoms with Crippen molar-refractivity contribution in [2.45, 2.75) is 32.4 Å². The van der Waals surface area contributed by atoms with Gasteiger partial charge in [0.1, 0.15) is 0 Å². The lowest BCUT2D eigenvalue weighted by atomic mass is 10.2. The number of halogens is 3. The average Bonchev–Trinajstić information content (AvgIpc) is 2.09. The molecule has 0 N–H and O–H groups in total. The Balaban J connectivity index is 4.03. The van der Waals surface area contributed by atoms with Crippen molar-refractivity contribution in [2.24, 2.45) is 0 Å². The fourth-order valence-electron chi connectivity index (χ4n) is 0.696. The number of unbranched alkanes of at least 4 members (excludes halogenated alkanes) is 2. The van der Waals surface area contributed by atoms with Crippen LogP contribution < -0.4 is 0 Å². The number of alkyl halides is 3. The highest BCUT2D eigenvalue weighted by atomic mass is 32.2. The van der Waals surface area contributed by atoms with Crippen molar-refractivity contribution in [1.29, 1.82) is 0 Å². The molecule has 0 aromatic carbocycles. The Bertz CT molecular complexity index is 293. The van der Waals surface area contributed by atoms with Crippen LogP contribution in [0.5, 0.6) is 0 Å². The Morgan fingerprint density at radius 1 is 1.33 bits per heavy atom. The van der Waals surface area contributed by atoms with Crippen molar-refractivity contribution in [3.8, 4) is 0 Å². The summed E-state index contributed by atoms with van der Waals surface area (Å²) in [7, 11) is -4.20. The van der Waals surface area contributed by atoms with Crippen LogP contribution in [-0.4, -0.2) is 21.2 Å². The van der Waals surface area contributed by atoms with Crippen LogP contribution in [0.15, 0.2) is 11.5 Å². The quantitative estimate of drug-likeness (QED) is 0.534. The van der Waals surface area contributed by atoms with E-state index in [9.17, 15) is 21.6 Å². The van der Waals surface area contributed by atoms with Crippen LogP contribution in [0.3, 0.4) is 0 Å². The predicted molar refractivity (Wildman–Crippen MR) is 49.6 cm³/mol. The molecule has 0 saturated carbocycles. The van der Waals surface area contributed by atoms with Gasteiger partial charge in [-0.2, -0.15) is 21.6 Å². The van der Waals surface area contributed by atoms with Gasteiger partial charge in [0.2, 0.25) is 0 Å². The van der Waals surface area contributed by atoms with Crippen molar-refractivity contribution < 1.29 is 25.8 Å². The molecule has 90 valence electrons. The predicted octanol–water partition coefficient (Wildman–Crippen LogP) is 2.60. The minimum absolute atomic E-state index is 0.505. The van der Waals surface area contributed by atoms with E-state index in [1.165, 1.54) is 6.08 Å². The second-order valence-corrected chi connectivity index (χ2v) is 4.38. The summed E-state index contributed by atoms with van der Waals surface area (Å²) < 4.78 is 60.2. The number of hydrogen-bond donors (Lipinski definition) is 0. The van der Waals surface area contributed by atoms with Gasteiger partial charge in [-0.1, -0.05) is 25.8 Å². The molecule has 0 aromatic rings. The fourth-order valence-corrected chi connectivity index (χ4v) is 1.44. The summed E-state index contributed by atoms with van der Waals surface area (Å²) in [6.45, 7) is 0.135. The third-order valence-corrected chi connectivity index (χ3v) is 2.35. The first-order valence-electron chi connectivity index (χ1n) is 4.39. The third-order valence-electron chi connectivity index (χ3n) is 1.37. The molecule has 0 rings (SSSR count). The molecule has 0 radical (unpaired) electrons. The van der Waals surface area contributed by atoms with Crippen molar-refractivity contribution in [3.05, 3.63) is 11.5 Å². The van der Waals surface area contributed by atoms with Gasteiger partial charge in [0.15, 0.2) is 6.61 Å². The second-order valence-electron chi connectivity index (χ2n) is 2.88. The average molecular weight is 246 g/mol. The lowest BCUT2D eigenvalue weighted by molar-refractivity contribution is -0.152. The molecule has 0 fully saturated rings. The van der Waals surface area contributed by atoms with E-state index < -0.39 is 22.9 Å². The number of allylic oxidation sites excluding steroid dienone is 1. The zero-order valence-electron chi connectivity index (χ0n) is 8.25. The first kappa shape index (κ1) is 14.4. The Morgan fingerprint density at radius 3 is 2.40 bits per heavy atom. The maximum absolute atomic E-state index is 11.6. The van der Waals surface area contributed by atoms with E-state index in [2.05, 4.69) is 4.18 Å². The smallest absolute Gasteiger partial charge is 0.257 e. The maximum atomic E-state index is 11.6. The topological polar surface area (TPSA) is 43.4 Å². The molecule has 0 atom stereocenters. The molecule has 0 spiro atoms. The van der Waals surface area contributed by atoms with E-state index in [0.29, 0.717) is 11.8 Å². The summed E-state index contributed by atoms with van der Waals surface area (Å²) in [6.07, 6.45) is -1.18. The normalized spacial score (nSPS) is 13.6. The van der Waals surface area contributed by atoms with Crippen molar-refractivity contribution in [2.75, 3.05) is 6.61 Å². The van der Waals surface area contributed by atoms with Gasteiger partial charge in [-0.15, -0.1) is 0 Å². The van der Waals surface area contributed by atoms with Crippen molar-refractivity contribution >= 4 is 10.1 Å². The summed E-state index contributed by atoms with van der Waals surface area (Å²) >= 11 is 0. The Labute approximate surface area is 87.0 Å². The standard InChI is InChI=1S/C8H13F3O3S/c1-2-3-4-5-6-15(12,13)14-7-8(9,10)11/h5-6H,2-4,7H2,1H3. The van der Waals surface area contributed by atoms with Crippen molar-refractivity contribution in [3.63, 3.8) is 0 Å². The molecular weight excluding hydrogens is 233 g/mol. The Morgan fingerprint density at radius 2 is 1.93 bits per heavy atom. The highest BCUT2D eigenvalue weighted by Gasteiger charge is 2.30. The van der Waals surface area contributed by atoms with E-state index in [1.54, 1.807) is 0 Å². The first-order chi connectivity index (χ1) is 6.77. The molecule has 0 aliphatic carbocycles. The van der Waals surface area contributed by atoms with E-state index in [1.807, 2.05) is 6.92 Å². The maximum Gasteiger partial charge on any atom is 0.413 e. The van der Waals surface area contributed by atoms with E-state index in [0.717, 1.165) is 12.8 Å². The van der Waals surface area contributed by atoms with Crippen LogP contribution in [0, 0.1) is 0 Å². The van der Waals surface area contributed by atoms with Gasteiger partial charge >= 0.3 is 6.18 Å². The van der Waals surface area contributed by atoms with Gasteiger partial charge in [0.05, 0.1) is 5.41 Å². The van der Waals surface area contributed by atoms with Gasteiger partial charge in [-0.3, -0.25) is 4.18 Å². The summed E-state index contributed by atoms with van der Waals surface area (Å²) in [5.74, 6) is 0. The zero-order chi connectivity index (χ0) is 11.9. The van der Waals surface area contributed by atoms with Crippen LogP contribution in [0.4, 0.5) is 13.2 Å². The first-order valence-corrected chi connectivity index (χ1v) is 5.86. The van der Waals surface area contributed by atoms with Gasteiger partial charge in [0, 0.05) is 0 Å². The van der Waals surface area contributed by atoms with Gasteiger partial charge < -0.3 is 0 Å². The third kappa shape index (κ3) is 9.74. The SMILES string of the molecule is CCCCC=CS(=O)(=O)OCC(F)(F)F. The van der Waals surface area contributed by atoms with Gasteiger partial charge in [-0.25, -0.2) is 0 Å². The zero-order valence-corrected chi connectivity index (χ0v) is 9.07. The molecule has 0 aliphatic rings. The Kier molecular flexibility index (Phi) is 5.89. The lowest BCUT2D eigenvalue weighted by Crippen LogP contribution is -2.19. The molecule has 0 amide bonds. The monoisotopic (exact) mass is 246 g/mol. The minimum atomic E-state index is -4.63. The largest absolute Gasteiger partial charge is 0.413 e. The molecule has 0 heterocycles.